The van der Waals surface area contributed by atoms with Gasteiger partial charge in [0, 0.05) is 4.47 Å². The van der Waals surface area contributed by atoms with Crippen LogP contribution in [-0.2, 0) is 6.42 Å². The van der Waals surface area contributed by atoms with Crippen LogP contribution in [-0.4, -0.2) is 26.1 Å². The number of carbonyl (C=O) groups is 1. The van der Waals surface area contributed by atoms with Crippen molar-refractivity contribution in [2.24, 2.45) is 0 Å². The number of aryl methyl sites for hydroxylation is 1. The quantitative estimate of drug-likeness (QED) is 0.943. The zero-order valence-electron chi connectivity index (χ0n) is 9.09. The summed E-state index contributed by atoms with van der Waals surface area (Å²) in [6, 6.07) is 5.62. The third kappa shape index (κ3) is 2.21. The van der Waals surface area contributed by atoms with E-state index in [4.69, 9.17) is 5.11 Å². The fourth-order valence-corrected chi connectivity index (χ4v) is 2.01. The van der Waals surface area contributed by atoms with E-state index in [9.17, 15) is 4.79 Å². The number of carboxylic acid groups (broad SMARTS) is 1. The molecule has 0 bridgehead atoms. The first-order valence-corrected chi connectivity index (χ1v) is 5.85. The van der Waals surface area contributed by atoms with Gasteiger partial charge in [-0.05, 0) is 30.2 Å². The van der Waals surface area contributed by atoms with E-state index in [1.54, 1.807) is 0 Å². The third-order valence-corrected chi connectivity index (χ3v) is 2.91. The van der Waals surface area contributed by atoms with Crippen LogP contribution in [0, 0.1) is 0 Å². The molecule has 0 fully saturated rings. The van der Waals surface area contributed by atoms with Gasteiger partial charge in [-0.15, -0.1) is 5.10 Å². The van der Waals surface area contributed by atoms with Gasteiger partial charge in [0.1, 0.15) is 0 Å². The largest absolute Gasteiger partial charge is 0.476 e. The molecule has 0 spiro atoms. The highest BCUT2D eigenvalue weighted by molar-refractivity contribution is 9.10. The van der Waals surface area contributed by atoms with Crippen LogP contribution in [0.1, 0.15) is 23.0 Å². The van der Waals surface area contributed by atoms with Crippen LogP contribution in [0.2, 0.25) is 0 Å². The highest BCUT2D eigenvalue weighted by Crippen LogP contribution is 2.21. The summed E-state index contributed by atoms with van der Waals surface area (Å²) < 4.78 is 2.29. The number of aromatic nitrogens is 3. The van der Waals surface area contributed by atoms with Crippen LogP contribution in [0.4, 0.5) is 0 Å². The molecule has 1 N–H and O–H groups in total. The van der Waals surface area contributed by atoms with Gasteiger partial charge in [0.2, 0.25) is 0 Å². The minimum Gasteiger partial charge on any atom is -0.476 e. The summed E-state index contributed by atoms with van der Waals surface area (Å²) in [7, 11) is 0. The summed E-state index contributed by atoms with van der Waals surface area (Å²) in [5.74, 6) is -1.04. The summed E-state index contributed by atoms with van der Waals surface area (Å²) in [6.07, 6.45) is 2.03. The number of aromatic carboxylic acids is 1. The number of halogens is 1. The molecule has 17 heavy (non-hydrogen) atoms. The second-order valence-corrected chi connectivity index (χ2v) is 4.38. The highest BCUT2D eigenvalue weighted by Gasteiger charge is 2.15. The average Bonchev–Trinajstić information content (AvgIpc) is 2.77. The lowest BCUT2D eigenvalue weighted by Gasteiger charge is -2.09. The fourth-order valence-electron chi connectivity index (χ4n) is 1.60. The van der Waals surface area contributed by atoms with Gasteiger partial charge in [0.25, 0.3) is 0 Å². The molecule has 0 saturated heterocycles. The van der Waals surface area contributed by atoms with Crippen molar-refractivity contribution in [1.82, 2.24) is 15.0 Å². The van der Waals surface area contributed by atoms with Crippen LogP contribution < -0.4 is 0 Å². The van der Waals surface area contributed by atoms with Crippen LogP contribution >= 0.6 is 15.9 Å². The van der Waals surface area contributed by atoms with Crippen LogP contribution in [0.15, 0.2) is 28.9 Å². The summed E-state index contributed by atoms with van der Waals surface area (Å²) in [5.41, 5.74) is 1.81. The van der Waals surface area contributed by atoms with Crippen molar-refractivity contribution in [2.75, 3.05) is 0 Å². The van der Waals surface area contributed by atoms with E-state index in [0.717, 1.165) is 22.1 Å². The number of carboxylic acids is 1. The van der Waals surface area contributed by atoms with Crippen LogP contribution in [0.5, 0.6) is 0 Å². The molecule has 1 heterocycles. The Labute approximate surface area is 106 Å². The first-order chi connectivity index (χ1) is 8.13. The monoisotopic (exact) mass is 295 g/mol. The van der Waals surface area contributed by atoms with Gasteiger partial charge >= 0.3 is 5.97 Å². The standard InChI is InChI=1S/C11H10BrN3O2/c1-2-7-5-8(12)3-4-9(7)15-10(11(16)17)6-13-14-15/h3-6H,2H2,1H3,(H,16,17). The molecule has 0 amide bonds. The van der Waals surface area contributed by atoms with Gasteiger partial charge in [-0.2, -0.15) is 0 Å². The van der Waals surface area contributed by atoms with Crippen molar-refractivity contribution >= 4 is 21.9 Å². The summed E-state index contributed by atoms with van der Waals surface area (Å²) in [5, 5.41) is 16.5. The lowest BCUT2D eigenvalue weighted by Crippen LogP contribution is -2.09. The summed E-state index contributed by atoms with van der Waals surface area (Å²) >= 11 is 3.39. The van der Waals surface area contributed by atoms with Gasteiger partial charge in [0.15, 0.2) is 5.69 Å². The Morgan fingerprint density at radius 3 is 2.94 bits per heavy atom. The van der Waals surface area contributed by atoms with Gasteiger partial charge in [-0.3, -0.25) is 0 Å². The Hall–Kier alpha value is -1.69. The maximum absolute atomic E-state index is 11.0. The lowest BCUT2D eigenvalue weighted by atomic mass is 10.1. The summed E-state index contributed by atoms with van der Waals surface area (Å²) in [6.45, 7) is 2.00. The van der Waals surface area contributed by atoms with Gasteiger partial charge in [0.05, 0.1) is 11.9 Å². The summed E-state index contributed by atoms with van der Waals surface area (Å²) in [4.78, 5) is 11.0. The second-order valence-electron chi connectivity index (χ2n) is 3.46. The van der Waals surface area contributed by atoms with Crippen LogP contribution in [0.3, 0.4) is 0 Å². The zero-order chi connectivity index (χ0) is 12.4. The van der Waals surface area contributed by atoms with E-state index in [1.807, 2.05) is 25.1 Å². The molecular weight excluding hydrogens is 286 g/mol. The molecule has 1 aromatic heterocycles. The molecule has 0 unspecified atom stereocenters. The third-order valence-electron chi connectivity index (χ3n) is 2.42. The molecule has 0 aliphatic heterocycles. The minimum absolute atomic E-state index is 0.0574. The average molecular weight is 296 g/mol. The smallest absolute Gasteiger partial charge is 0.356 e. The Morgan fingerprint density at radius 1 is 1.53 bits per heavy atom. The Bertz CT molecular complexity index is 566. The van der Waals surface area contributed by atoms with E-state index in [2.05, 4.69) is 26.2 Å². The SMILES string of the molecule is CCc1cc(Br)ccc1-n1nncc1C(=O)O. The van der Waals surface area contributed by atoms with Crippen molar-refractivity contribution in [1.29, 1.82) is 0 Å². The van der Waals surface area contributed by atoms with Crippen molar-refractivity contribution < 1.29 is 9.90 Å². The Balaban J connectivity index is 2.60. The molecule has 6 heteroatoms. The van der Waals surface area contributed by atoms with Crippen molar-refractivity contribution in [2.45, 2.75) is 13.3 Å². The number of hydrogen-bond acceptors (Lipinski definition) is 3. The molecule has 0 aliphatic rings. The Morgan fingerprint density at radius 2 is 2.29 bits per heavy atom. The van der Waals surface area contributed by atoms with E-state index < -0.39 is 5.97 Å². The zero-order valence-corrected chi connectivity index (χ0v) is 10.7. The fraction of sp³-hybridized carbons (Fsp3) is 0.182. The van der Waals surface area contributed by atoms with Gasteiger partial charge in [-0.25, -0.2) is 9.48 Å². The number of nitrogens with zero attached hydrogens (tertiary/aromatic N) is 3. The topological polar surface area (TPSA) is 68.0 Å². The molecule has 0 atom stereocenters. The van der Waals surface area contributed by atoms with Crippen LogP contribution in [0.25, 0.3) is 5.69 Å². The van der Waals surface area contributed by atoms with Crippen molar-refractivity contribution in [3.05, 3.63) is 40.1 Å². The second kappa shape index (κ2) is 4.67. The molecule has 0 radical (unpaired) electrons. The lowest BCUT2D eigenvalue weighted by molar-refractivity contribution is 0.0687. The Kier molecular flexibility index (Phi) is 3.23. The molecule has 2 rings (SSSR count). The van der Waals surface area contributed by atoms with Gasteiger partial charge < -0.3 is 5.11 Å². The van der Waals surface area contributed by atoms with E-state index in [0.29, 0.717) is 0 Å². The predicted molar refractivity (Wildman–Crippen MR) is 65.4 cm³/mol. The highest BCUT2D eigenvalue weighted by atomic mass is 79.9. The maximum atomic E-state index is 11.0. The van der Waals surface area contributed by atoms with E-state index in [-0.39, 0.29) is 5.69 Å². The number of rotatable bonds is 3. The molecule has 0 aliphatic carbocycles. The number of benzene rings is 1. The number of hydrogen-bond donors (Lipinski definition) is 1. The van der Waals surface area contributed by atoms with Gasteiger partial charge in [-0.1, -0.05) is 28.1 Å². The first-order valence-electron chi connectivity index (χ1n) is 5.06. The minimum atomic E-state index is -1.04. The molecule has 88 valence electrons. The molecular formula is C11H10BrN3O2. The van der Waals surface area contributed by atoms with Crippen molar-refractivity contribution in [3.63, 3.8) is 0 Å². The molecule has 2 aromatic rings. The molecule has 1 aromatic carbocycles. The van der Waals surface area contributed by atoms with E-state index in [1.165, 1.54) is 10.9 Å². The molecule has 0 saturated carbocycles. The normalized spacial score (nSPS) is 10.5. The van der Waals surface area contributed by atoms with E-state index >= 15 is 0 Å². The maximum Gasteiger partial charge on any atom is 0.356 e. The predicted octanol–water partition coefficient (Wildman–Crippen LogP) is 2.29. The molecule has 5 nitrogen and oxygen atoms in total. The first kappa shape index (κ1) is 11.8. The van der Waals surface area contributed by atoms with Crippen molar-refractivity contribution in [3.8, 4) is 5.69 Å².